The van der Waals surface area contributed by atoms with Gasteiger partial charge in [0, 0.05) is 19.3 Å². The van der Waals surface area contributed by atoms with Crippen molar-refractivity contribution in [2.24, 2.45) is 0 Å². The minimum Gasteiger partial charge on any atom is -0.463 e. The van der Waals surface area contributed by atoms with Gasteiger partial charge >= 0.3 is 33.6 Å². The summed E-state index contributed by atoms with van der Waals surface area (Å²) in [6, 6.07) is 0. The number of phosphoric ester groups is 2. The van der Waals surface area contributed by atoms with Crippen LogP contribution in [-0.2, 0) is 55.8 Å². The van der Waals surface area contributed by atoms with Crippen LogP contribution in [0.5, 0.6) is 0 Å². The minimum atomic E-state index is -4.95. The van der Waals surface area contributed by atoms with Crippen LogP contribution in [0.15, 0.2) is 207 Å². The zero-order valence-electron chi connectivity index (χ0n) is 81.5. The van der Waals surface area contributed by atoms with Crippen LogP contribution in [-0.4, -0.2) is 95.9 Å². The number of hydrogen-bond donors (Lipinski definition) is 4. The zero-order chi connectivity index (χ0) is 93.5. The second-order valence-corrected chi connectivity index (χ2v) is 36.8. The fraction of sp³-hybridized carbons (Fsp3) is 0.667. The highest BCUT2D eigenvalue weighted by molar-refractivity contribution is 7.47. The molecule has 0 aromatic heterocycles. The number of carbonyl (C=O) groups is 3. The molecule has 0 amide bonds. The van der Waals surface area contributed by atoms with Gasteiger partial charge in [-0.05, 0) is 167 Å². The van der Waals surface area contributed by atoms with Crippen LogP contribution in [0, 0.1) is 0 Å². The van der Waals surface area contributed by atoms with Gasteiger partial charge in [-0.1, -0.05) is 439 Å². The van der Waals surface area contributed by atoms with Gasteiger partial charge in [-0.2, -0.15) is 0 Å². The van der Waals surface area contributed by atoms with Crippen molar-refractivity contribution in [3.05, 3.63) is 207 Å². The molecule has 5 atom stereocenters. The molecular weight excluding hydrogens is 1650 g/mol. The molecule has 0 rings (SSSR count). The first-order chi connectivity index (χ1) is 63.2. The number of aliphatic hydroxyl groups excluding tert-OH is 2. The molecule has 0 radical (unpaired) electrons. The number of phosphoric acid groups is 2. The lowest BCUT2D eigenvalue weighted by Gasteiger charge is -2.21. The van der Waals surface area contributed by atoms with Crippen LogP contribution in [0.2, 0.25) is 0 Å². The lowest BCUT2D eigenvalue weighted by atomic mass is 10.0. The van der Waals surface area contributed by atoms with E-state index in [4.69, 9.17) is 32.3 Å². The van der Waals surface area contributed by atoms with Gasteiger partial charge in [-0.3, -0.25) is 32.5 Å². The number of esters is 3. The second-order valence-electron chi connectivity index (χ2n) is 33.8. The Kier molecular flexibility index (Phi) is 96.5. The van der Waals surface area contributed by atoms with Crippen molar-refractivity contribution in [3.63, 3.8) is 0 Å². The van der Waals surface area contributed by atoms with Crippen LogP contribution < -0.4 is 0 Å². The summed E-state index contributed by atoms with van der Waals surface area (Å²) in [4.78, 5) is 59.2. The maximum atomic E-state index is 13.1. The molecule has 4 N–H and O–H groups in total. The van der Waals surface area contributed by atoms with Crippen molar-refractivity contribution >= 4 is 33.6 Å². The quantitative estimate of drug-likeness (QED) is 0.0146. The van der Waals surface area contributed by atoms with Crippen LogP contribution in [0.25, 0.3) is 0 Å². The average Bonchev–Trinajstić information content (AvgIpc) is 0.894. The van der Waals surface area contributed by atoms with E-state index in [0.29, 0.717) is 19.3 Å². The summed E-state index contributed by atoms with van der Waals surface area (Å²) >= 11 is 0. The molecule has 0 aromatic carbocycles. The number of carbonyl (C=O) groups excluding carboxylic acids is 3. The maximum absolute atomic E-state index is 13.1. The molecule has 18 heteroatoms. The lowest BCUT2D eigenvalue weighted by Crippen LogP contribution is -2.30. The monoisotopic (exact) mass is 1840 g/mol. The third-order valence-corrected chi connectivity index (χ3v) is 23.4. The number of hydrogen-bond acceptors (Lipinski definition) is 14. The summed E-state index contributed by atoms with van der Waals surface area (Å²) in [5.41, 5.74) is 0. The highest BCUT2D eigenvalue weighted by Crippen LogP contribution is 2.45. The third kappa shape index (κ3) is 102. The Morgan fingerprint density at radius 2 is 0.388 bits per heavy atom. The Labute approximate surface area is 788 Å². The summed E-state index contributed by atoms with van der Waals surface area (Å²) in [6.07, 6.45) is 137. The first-order valence-corrected chi connectivity index (χ1v) is 54.4. The van der Waals surface area contributed by atoms with E-state index < -0.39 is 91.5 Å². The van der Waals surface area contributed by atoms with Gasteiger partial charge < -0.3 is 34.2 Å². The first-order valence-electron chi connectivity index (χ1n) is 51.4. The first kappa shape index (κ1) is 123. The molecule has 0 heterocycles. The van der Waals surface area contributed by atoms with E-state index in [9.17, 15) is 43.5 Å². The fourth-order valence-corrected chi connectivity index (χ4v) is 15.4. The van der Waals surface area contributed by atoms with Gasteiger partial charge in [-0.15, -0.1) is 0 Å². The van der Waals surface area contributed by atoms with Crippen molar-refractivity contribution in [1.29, 1.82) is 0 Å². The van der Waals surface area contributed by atoms with Gasteiger partial charge in [0.15, 0.2) is 6.10 Å². The van der Waals surface area contributed by atoms with E-state index in [1.165, 1.54) is 161 Å². The Bertz CT molecular complexity index is 3180. The topological polar surface area (TPSA) is 231 Å². The van der Waals surface area contributed by atoms with E-state index >= 15 is 0 Å². The van der Waals surface area contributed by atoms with Crippen LogP contribution >= 0.6 is 15.6 Å². The van der Waals surface area contributed by atoms with E-state index in [1.54, 1.807) is 0 Å². The zero-order valence-corrected chi connectivity index (χ0v) is 83.3. The second kappa shape index (κ2) is 101. The van der Waals surface area contributed by atoms with Gasteiger partial charge in [0.2, 0.25) is 0 Å². The molecule has 0 aliphatic carbocycles. The smallest absolute Gasteiger partial charge is 0.463 e. The number of unbranched alkanes of at least 4 members (excludes halogenated alkanes) is 39. The minimum absolute atomic E-state index is 0.0896. The molecule has 0 saturated carbocycles. The van der Waals surface area contributed by atoms with E-state index in [0.717, 1.165) is 199 Å². The molecule has 129 heavy (non-hydrogen) atoms. The molecule has 0 aliphatic rings. The van der Waals surface area contributed by atoms with Crippen LogP contribution in [0.1, 0.15) is 419 Å². The van der Waals surface area contributed by atoms with E-state index in [-0.39, 0.29) is 19.3 Å². The molecule has 5 unspecified atom stereocenters. The van der Waals surface area contributed by atoms with E-state index in [1.807, 2.05) is 0 Å². The van der Waals surface area contributed by atoms with E-state index in [2.05, 4.69) is 227 Å². The Morgan fingerprint density at radius 1 is 0.217 bits per heavy atom. The predicted octanol–water partition coefficient (Wildman–Crippen LogP) is 32.7. The molecule has 0 aliphatic heterocycles. The average molecular weight is 1840 g/mol. The molecular formula is C111H186O16P2. The molecule has 0 saturated heterocycles. The Hall–Kier alpha value is -5.87. The maximum Gasteiger partial charge on any atom is 0.472 e. The van der Waals surface area contributed by atoms with Gasteiger partial charge in [0.25, 0.3) is 0 Å². The normalized spacial score (nSPS) is 14.5. The largest absolute Gasteiger partial charge is 0.472 e. The highest BCUT2D eigenvalue weighted by atomic mass is 31.2. The summed E-state index contributed by atoms with van der Waals surface area (Å²) in [7, 11) is -9.83. The predicted molar refractivity (Wildman–Crippen MR) is 546 cm³/mol. The Morgan fingerprint density at radius 3 is 0.612 bits per heavy atom. The van der Waals surface area contributed by atoms with Crippen LogP contribution in [0.3, 0.4) is 0 Å². The van der Waals surface area contributed by atoms with Crippen LogP contribution in [0.4, 0.5) is 0 Å². The summed E-state index contributed by atoms with van der Waals surface area (Å²) in [5, 5.41) is 20.8. The summed E-state index contributed by atoms with van der Waals surface area (Å²) in [5.74, 6) is -1.58. The van der Waals surface area contributed by atoms with Crippen molar-refractivity contribution in [2.75, 3.05) is 39.6 Å². The summed E-state index contributed by atoms with van der Waals surface area (Å²) in [6.45, 7) is 2.39. The van der Waals surface area contributed by atoms with Crippen molar-refractivity contribution in [1.82, 2.24) is 0 Å². The van der Waals surface area contributed by atoms with Crippen molar-refractivity contribution < 1.29 is 75.8 Å². The molecule has 0 fully saturated rings. The standard InChI is InChI=1S/C111H186O16P2/c1-4-7-10-13-16-19-22-25-28-31-34-37-40-43-46-48-50-52-54-56-59-61-64-67-70-73-76-79-82-85-88-91-94-97-109(114)121-100-106(112)101-123-128(117,118)124-102-107(113)103-125-129(119,120)126-105-108(127-111(116)99-96-93-90-87-84-81-78-75-72-69-66-63-58-45-42-39-36-33-30-27-24-21-18-15-12-9-6-3)104-122-110(115)98-95-92-89-86-83-80-77-74-71-68-65-62-60-57-55-53-51-49-47-44-41-38-35-32-29-26-23-20-17-14-11-8-5-2/h7-12,16-21,25-30,34-39,43-47,50,52,58,66,69,106-108,112-113H,4-6,13-15,22-24,31-33,40-42,48-49,51,53-57,59-65,67-68,70-105H2,1-3H3,(H,117,118)(H,119,120)/b10-7-,11-8-,12-9-,19-16-,20-17-,21-18-,28-25-,29-26-,30-27-,37-34-,38-35-,39-36-,46-43-,47-44-,52-50-,58-45-,69-66-. The van der Waals surface area contributed by atoms with Gasteiger partial charge in [-0.25, -0.2) is 9.13 Å². The highest BCUT2D eigenvalue weighted by Gasteiger charge is 2.30. The lowest BCUT2D eigenvalue weighted by molar-refractivity contribution is -0.161. The SMILES string of the molecule is CC/C=C\C/C=C\C/C=C\C/C=C\C/C=C\C/C=C\CCCCCCCCCCCCCCCCC(=O)OCC(O)COP(=O)(O)OCC(O)COP(=O)(O)OCC(COC(=O)CCCCCCCCCCCCCCCCCCC/C=C\C/C=C\C/C=C\C/C=C\C/C=C\CC)OC(=O)CCCCCCCCCC/C=C\C/C=C\C/C=C\C/C=C\C/C=C\C/C=C\CC. The molecule has 736 valence electrons. The molecule has 0 spiro atoms. The number of aliphatic hydroxyl groups is 2. The third-order valence-electron chi connectivity index (χ3n) is 21.5. The molecule has 0 aromatic rings. The number of allylic oxidation sites excluding steroid dienone is 34. The van der Waals surface area contributed by atoms with Crippen molar-refractivity contribution in [3.8, 4) is 0 Å². The summed E-state index contributed by atoms with van der Waals surface area (Å²) < 4.78 is 61.7. The van der Waals surface area contributed by atoms with Crippen molar-refractivity contribution in [2.45, 2.75) is 437 Å². The number of rotatable bonds is 96. The van der Waals surface area contributed by atoms with Gasteiger partial charge in [0.1, 0.15) is 25.4 Å². The Balaban J connectivity index is 4.63. The fourth-order valence-electron chi connectivity index (χ4n) is 13.8. The molecule has 16 nitrogen and oxygen atoms in total. The van der Waals surface area contributed by atoms with Gasteiger partial charge in [0.05, 0.1) is 26.4 Å². The molecule has 0 bridgehead atoms. The number of ether oxygens (including phenoxy) is 3.